The number of furan rings is 1. The van der Waals surface area contributed by atoms with Gasteiger partial charge in [0, 0.05) is 29.9 Å². The zero-order valence-electron chi connectivity index (χ0n) is 14.2. The van der Waals surface area contributed by atoms with E-state index in [1.54, 1.807) is 36.9 Å². The molecule has 6 nitrogen and oxygen atoms in total. The third kappa shape index (κ3) is 3.90. The van der Waals surface area contributed by atoms with Crippen molar-refractivity contribution in [1.82, 2.24) is 15.1 Å². The van der Waals surface area contributed by atoms with Crippen LogP contribution in [0.25, 0.3) is 6.08 Å². The number of aryl methyl sites for hydroxylation is 3. The van der Waals surface area contributed by atoms with Crippen molar-refractivity contribution < 1.29 is 14.3 Å². The van der Waals surface area contributed by atoms with E-state index in [4.69, 9.17) is 4.42 Å². The van der Waals surface area contributed by atoms with E-state index in [0.717, 1.165) is 17.0 Å². The maximum Gasteiger partial charge on any atom is 0.244 e. The van der Waals surface area contributed by atoms with Crippen molar-refractivity contribution in [2.24, 2.45) is 7.05 Å². The Labute approximate surface area is 135 Å². The number of aromatic nitrogens is 2. The molecule has 124 valence electrons. The van der Waals surface area contributed by atoms with Crippen molar-refractivity contribution >= 4 is 12.0 Å². The monoisotopic (exact) mass is 317 g/mol. The van der Waals surface area contributed by atoms with Crippen LogP contribution in [0.3, 0.4) is 0 Å². The Balaban J connectivity index is 1.98. The summed E-state index contributed by atoms with van der Waals surface area (Å²) >= 11 is 0. The fourth-order valence-corrected chi connectivity index (χ4v) is 2.42. The summed E-state index contributed by atoms with van der Waals surface area (Å²) in [6.45, 7) is 7.30. The molecule has 0 fully saturated rings. The summed E-state index contributed by atoms with van der Waals surface area (Å²) in [5.41, 5.74) is 1.36. The van der Waals surface area contributed by atoms with Crippen LogP contribution in [0.4, 0.5) is 0 Å². The summed E-state index contributed by atoms with van der Waals surface area (Å²) in [5, 5.41) is 17.4. The van der Waals surface area contributed by atoms with Gasteiger partial charge in [-0.15, -0.1) is 0 Å². The maximum atomic E-state index is 11.9. The number of carbonyl (C=O) groups excluding carboxylic acids is 1. The van der Waals surface area contributed by atoms with Crippen LogP contribution in [0, 0.1) is 20.8 Å². The van der Waals surface area contributed by atoms with Gasteiger partial charge in [-0.25, -0.2) is 0 Å². The molecule has 1 unspecified atom stereocenters. The highest BCUT2D eigenvalue weighted by atomic mass is 16.3. The molecule has 0 saturated heterocycles. The van der Waals surface area contributed by atoms with Crippen LogP contribution in [-0.4, -0.2) is 27.3 Å². The van der Waals surface area contributed by atoms with E-state index in [0.29, 0.717) is 11.3 Å². The van der Waals surface area contributed by atoms with Crippen molar-refractivity contribution in [1.29, 1.82) is 0 Å². The lowest BCUT2D eigenvalue weighted by molar-refractivity contribution is -0.117. The van der Waals surface area contributed by atoms with Crippen LogP contribution in [-0.2, 0) is 17.4 Å². The number of nitrogens with one attached hydrogen (secondary N) is 1. The Bertz CT molecular complexity index is 738. The van der Waals surface area contributed by atoms with Gasteiger partial charge in [0.25, 0.3) is 0 Å². The van der Waals surface area contributed by atoms with Crippen LogP contribution < -0.4 is 5.32 Å². The van der Waals surface area contributed by atoms with E-state index >= 15 is 0 Å². The lowest BCUT2D eigenvalue weighted by Gasteiger charge is -2.22. The largest absolute Gasteiger partial charge is 0.466 e. The highest BCUT2D eigenvalue weighted by Gasteiger charge is 2.27. The van der Waals surface area contributed by atoms with Crippen molar-refractivity contribution in [2.75, 3.05) is 6.54 Å². The van der Waals surface area contributed by atoms with Gasteiger partial charge < -0.3 is 14.8 Å². The molecule has 1 amide bonds. The number of carbonyl (C=O) groups is 1. The predicted octanol–water partition coefficient (Wildman–Crippen LogP) is 1.98. The third-order valence-electron chi connectivity index (χ3n) is 3.92. The Kier molecular flexibility index (Phi) is 4.75. The Morgan fingerprint density at radius 1 is 1.48 bits per heavy atom. The van der Waals surface area contributed by atoms with E-state index in [9.17, 15) is 9.90 Å². The number of aliphatic hydroxyl groups is 1. The SMILES string of the molecule is Cc1cc(C(C)(O)CNC(=O)/C=C/c2cnn(C)c2C)c(C)o1. The van der Waals surface area contributed by atoms with Crippen LogP contribution in [0.1, 0.15) is 35.3 Å². The molecule has 0 aliphatic heterocycles. The highest BCUT2D eigenvalue weighted by molar-refractivity contribution is 5.91. The molecule has 23 heavy (non-hydrogen) atoms. The first kappa shape index (κ1) is 17.0. The Morgan fingerprint density at radius 2 is 2.17 bits per heavy atom. The summed E-state index contributed by atoms with van der Waals surface area (Å²) in [6.07, 6.45) is 4.85. The first-order valence-corrected chi connectivity index (χ1v) is 7.45. The second kappa shape index (κ2) is 6.42. The molecule has 0 spiro atoms. The lowest BCUT2D eigenvalue weighted by atomic mass is 9.96. The van der Waals surface area contributed by atoms with Crippen LogP contribution in [0.15, 0.2) is 22.8 Å². The van der Waals surface area contributed by atoms with Gasteiger partial charge in [-0.05, 0) is 39.8 Å². The minimum atomic E-state index is -1.18. The standard InChI is InChI=1S/C17H23N3O3/c1-11-8-15(13(3)23-11)17(4,22)10-18-16(21)7-6-14-9-19-20(5)12(14)2/h6-9,22H,10H2,1-5H3,(H,18,21)/b7-6+. The molecule has 1 atom stereocenters. The molecule has 2 N–H and O–H groups in total. The van der Waals surface area contributed by atoms with Crippen LogP contribution in [0.5, 0.6) is 0 Å². The molecule has 0 aliphatic rings. The molecule has 2 aromatic heterocycles. The lowest BCUT2D eigenvalue weighted by Crippen LogP contribution is -2.38. The smallest absolute Gasteiger partial charge is 0.244 e. The number of hydrogen-bond acceptors (Lipinski definition) is 4. The van der Waals surface area contributed by atoms with Crippen molar-refractivity contribution in [3.05, 3.63) is 46.7 Å². The second-order valence-corrected chi connectivity index (χ2v) is 5.96. The van der Waals surface area contributed by atoms with Gasteiger partial charge in [0.05, 0.1) is 12.7 Å². The average Bonchev–Trinajstić information content (AvgIpc) is 2.98. The molecular formula is C17H23N3O3. The van der Waals surface area contributed by atoms with E-state index in [2.05, 4.69) is 10.4 Å². The van der Waals surface area contributed by atoms with Crippen molar-refractivity contribution in [3.8, 4) is 0 Å². The summed E-state index contributed by atoms with van der Waals surface area (Å²) in [5.74, 6) is 1.12. The van der Waals surface area contributed by atoms with Gasteiger partial charge in [-0.1, -0.05) is 0 Å². The van der Waals surface area contributed by atoms with Gasteiger partial charge >= 0.3 is 0 Å². The van der Waals surface area contributed by atoms with Gasteiger partial charge in [-0.2, -0.15) is 5.10 Å². The molecule has 0 aromatic carbocycles. The molecule has 2 aromatic rings. The quantitative estimate of drug-likeness (QED) is 0.826. The van der Waals surface area contributed by atoms with Gasteiger partial charge in [0.15, 0.2) is 0 Å². The zero-order chi connectivity index (χ0) is 17.2. The van der Waals surface area contributed by atoms with Gasteiger partial charge in [0.1, 0.15) is 17.1 Å². The second-order valence-electron chi connectivity index (χ2n) is 5.96. The van der Waals surface area contributed by atoms with E-state index in [1.807, 2.05) is 20.9 Å². The number of hydrogen-bond donors (Lipinski definition) is 2. The van der Waals surface area contributed by atoms with E-state index in [-0.39, 0.29) is 12.5 Å². The predicted molar refractivity (Wildman–Crippen MR) is 87.7 cm³/mol. The number of amides is 1. The number of nitrogens with zero attached hydrogens (tertiary/aromatic N) is 2. The summed E-state index contributed by atoms with van der Waals surface area (Å²) in [7, 11) is 1.85. The summed E-state index contributed by atoms with van der Waals surface area (Å²) < 4.78 is 7.17. The fourth-order valence-electron chi connectivity index (χ4n) is 2.42. The molecule has 6 heteroatoms. The molecule has 0 bridgehead atoms. The maximum absolute atomic E-state index is 11.9. The van der Waals surface area contributed by atoms with E-state index in [1.165, 1.54) is 6.08 Å². The Morgan fingerprint density at radius 3 is 2.70 bits per heavy atom. The minimum absolute atomic E-state index is 0.0992. The molecule has 0 aliphatic carbocycles. The van der Waals surface area contributed by atoms with E-state index < -0.39 is 5.60 Å². The van der Waals surface area contributed by atoms with Crippen LogP contribution >= 0.6 is 0 Å². The molecule has 2 rings (SSSR count). The Hall–Kier alpha value is -2.34. The normalized spacial score (nSPS) is 14.2. The first-order chi connectivity index (χ1) is 10.7. The molecule has 0 saturated carbocycles. The third-order valence-corrected chi connectivity index (χ3v) is 3.92. The van der Waals surface area contributed by atoms with Crippen molar-refractivity contribution in [3.63, 3.8) is 0 Å². The summed E-state index contributed by atoms with van der Waals surface area (Å²) in [4.78, 5) is 11.9. The van der Waals surface area contributed by atoms with Gasteiger partial charge in [-0.3, -0.25) is 9.48 Å². The number of rotatable bonds is 5. The molecule has 0 radical (unpaired) electrons. The molecular weight excluding hydrogens is 294 g/mol. The van der Waals surface area contributed by atoms with Gasteiger partial charge in [0.2, 0.25) is 5.91 Å². The summed E-state index contributed by atoms with van der Waals surface area (Å²) in [6, 6.07) is 1.79. The first-order valence-electron chi connectivity index (χ1n) is 7.45. The fraction of sp³-hybridized carbons (Fsp3) is 0.412. The van der Waals surface area contributed by atoms with Crippen LogP contribution in [0.2, 0.25) is 0 Å². The highest BCUT2D eigenvalue weighted by Crippen LogP contribution is 2.26. The van der Waals surface area contributed by atoms with Crippen molar-refractivity contribution in [2.45, 2.75) is 33.3 Å². The topological polar surface area (TPSA) is 80.3 Å². The molecule has 2 heterocycles. The average molecular weight is 317 g/mol. The minimum Gasteiger partial charge on any atom is -0.466 e. The zero-order valence-corrected chi connectivity index (χ0v) is 14.2.